The number of hydrogen-bond donors (Lipinski definition) is 1. The lowest BCUT2D eigenvalue weighted by Gasteiger charge is -2.22. The highest BCUT2D eigenvalue weighted by atomic mass is 16.5. The lowest BCUT2D eigenvalue weighted by molar-refractivity contribution is -0.134. The molecule has 7 nitrogen and oxygen atoms in total. The van der Waals surface area contributed by atoms with Gasteiger partial charge in [-0.05, 0) is 5.56 Å². The molecule has 0 atom stereocenters. The first-order chi connectivity index (χ1) is 13.2. The van der Waals surface area contributed by atoms with E-state index < -0.39 is 0 Å². The molecule has 0 aliphatic carbocycles. The monoisotopic (exact) mass is 386 g/mol. The molecule has 0 spiro atoms. The third-order valence-electron chi connectivity index (χ3n) is 4.37. The Kier molecular flexibility index (Phi) is 7.34. The minimum atomic E-state index is -0.263. The molecule has 0 unspecified atom stereocenters. The Morgan fingerprint density at radius 2 is 1.89 bits per heavy atom. The maximum Gasteiger partial charge on any atom is 0.245 e. The minimum Gasteiger partial charge on any atom is -0.383 e. The van der Waals surface area contributed by atoms with Crippen molar-refractivity contribution < 1.29 is 14.3 Å². The number of hydrogen-bond acceptors (Lipinski definition) is 4. The summed E-state index contributed by atoms with van der Waals surface area (Å²) in [4.78, 5) is 26.8. The number of aryl methyl sites for hydroxylation is 1. The van der Waals surface area contributed by atoms with Gasteiger partial charge >= 0.3 is 0 Å². The number of anilines is 1. The van der Waals surface area contributed by atoms with Crippen molar-refractivity contribution in [2.75, 3.05) is 32.1 Å². The molecular weight excluding hydrogens is 356 g/mol. The molecule has 2 rings (SSSR count). The second kappa shape index (κ2) is 9.50. The highest BCUT2D eigenvalue weighted by Crippen LogP contribution is 2.23. The average Bonchev–Trinajstić information content (AvgIpc) is 3.00. The molecule has 2 amide bonds. The molecular formula is C21H30N4O3. The molecule has 1 aromatic carbocycles. The lowest BCUT2D eigenvalue weighted by atomic mass is 9.92. The van der Waals surface area contributed by atoms with Gasteiger partial charge in [-0.25, -0.2) is 0 Å². The first-order valence-electron chi connectivity index (χ1n) is 9.35. The fourth-order valence-electron chi connectivity index (χ4n) is 2.68. The fourth-order valence-corrected chi connectivity index (χ4v) is 2.68. The van der Waals surface area contributed by atoms with E-state index in [1.54, 1.807) is 18.8 Å². The molecule has 0 aliphatic heterocycles. The van der Waals surface area contributed by atoms with Crippen LogP contribution in [-0.2, 0) is 33.2 Å². The van der Waals surface area contributed by atoms with Gasteiger partial charge < -0.3 is 15.0 Å². The largest absolute Gasteiger partial charge is 0.383 e. The van der Waals surface area contributed by atoms with Crippen LogP contribution in [0.5, 0.6) is 0 Å². The van der Waals surface area contributed by atoms with Crippen molar-refractivity contribution in [3.8, 4) is 0 Å². The zero-order valence-electron chi connectivity index (χ0n) is 17.4. The maximum absolute atomic E-state index is 12.7. The summed E-state index contributed by atoms with van der Waals surface area (Å²) >= 11 is 0. The number of nitrogens with zero attached hydrogens (tertiary/aromatic N) is 3. The number of methoxy groups -OCH3 is 1. The molecule has 152 valence electrons. The number of carbonyl (C=O) groups excluding carboxylic acids is 2. The summed E-state index contributed by atoms with van der Waals surface area (Å²) < 4.78 is 6.74. The lowest BCUT2D eigenvalue weighted by Crippen LogP contribution is -2.41. The van der Waals surface area contributed by atoms with Gasteiger partial charge in [0.25, 0.3) is 0 Å². The van der Waals surface area contributed by atoms with Crippen LogP contribution >= 0.6 is 0 Å². The van der Waals surface area contributed by atoms with Gasteiger partial charge in [-0.2, -0.15) is 5.10 Å². The van der Waals surface area contributed by atoms with Crippen LogP contribution in [-0.4, -0.2) is 53.3 Å². The smallest absolute Gasteiger partial charge is 0.245 e. The quantitative estimate of drug-likeness (QED) is 0.756. The van der Waals surface area contributed by atoms with Crippen molar-refractivity contribution in [2.24, 2.45) is 7.05 Å². The first-order valence-corrected chi connectivity index (χ1v) is 9.35. The van der Waals surface area contributed by atoms with E-state index >= 15 is 0 Å². The third kappa shape index (κ3) is 6.20. The predicted octanol–water partition coefficient (Wildman–Crippen LogP) is 2.37. The number of rotatable bonds is 8. The minimum absolute atomic E-state index is 0.0366. The SMILES string of the molecule is COCCN(CC(=O)Nc1cc(C(C)(C)C)nn1C)C(=O)Cc1ccccc1. The van der Waals surface area contributed by atoms with Gasteiger partial charge in [-0.3, -0.25) is 14.3 Å². The van der Waals surface area contributed by atoms with Gasteiger partial charge in [-0.15, -0.1) is 0 Å². The summed E-state index contributed by atoms with van der Waals surface area (Å²) in [6.07, 6.45) is 0.248. The van der Waals surface area contributed by atoms with Crippen LogP contribution in [0.1, 0.15) is 32.0 Å². The predicted molar refractivity (Wildman–Crippen MR) is 109 cm³/mol. The van der Waals surface area contributed by atoms with Crippen molar-refractivity contribution in [3.63, 3.8) is 0 Å². The van der Waals surface area contributed by atoms with Crippen LogP contribution in [0.4, 0.5) is 5.82 Å². The number of aromatic nitrogens is 2. The zero-order chi connectivity index (χ0) is 20.7. The van der Waals surface area contributed by atoms with Gasteiger partial charge in [0.15, 0.2) is 0 Å². The van der Waals surface area contributed by atoms with Crippen LogP contribution in [0.3, 0.4) is 0 Å². The number of ether oxygens (including phenoxy) is 1. The summed E-state index contributed by atoms with van der Waals surface area (Å²) in [6.45, 7) is 6.88. The van der Waals surface area contributed by atoms with Crippen LogP contribution in [0.15, 0.2) is 36.4 Å². The van der Waals surface area contributed by atoms with Gasteiger partial charge in [0.2, 0.25) is 11.8 Å². The number of benzene rings is 1. The van der Waals surface area contributed by atoms with Crippen molar-refractivity contribution in [3.05, 3.63) is 47.7 Å². The van der Waals surface area contributed by atoms with Crippen molar-refractivity contribution in [1.29, 1.82) is 0 Å². The summed E-state index contributed by atoms with van der Waals surface area (Å²) in [5, 5.41) is 7.31. The van der Waals surface area contributed by atoms with Crippen LogP contribution in [0, 0.1) is 0 Å². The molecule has 0 radical (unpaired) electrons. The molecule has 0 saturated heterocycles. The Morgan fingerprint density at radius 1 is 1.21 bits per heavy atom. The molecule has 7 heteroatoms. The molecule has 2 aromatic rings. The van der Waals surface area contributed by atoms with Crippen LogP contribution in [0.25, 0.3) is 0 Å². The molecule has 0 bridgehead atoms. The van der Waals surface area contributed by atoms with Gasteiger partial charge in [0.05, 0.1) is 25.3 Å². The summed E-state index contributed by atoms with van der Waals surface area (Å²) in [7, 11) is 3.36. The highest BCUT2D eigenvalue weighted by molar-refractivity contribution is 5.94. The summed E-state index contributed by atoms with van der Waals surface area (Å²) in [5.41, 5.74) is 1.69. The van der Waals surface area contributed by atoms with E-state index in [0.29, 0.717) is 19.0 Å². The van der Waals surface area contributed by atoms with Crippen LogP contribution < -0.4 is 5.32 Å². The van der Waals surface area contributed by atoms with Gasteiger partial charge in [0, 0.05) is 32.2 Å². The molecule has 0 aliphatic rings. The van der Waals surface area contributed by atoms with E-state index in [0.717, 1.165) is 11.3 Å². The number of amides is 2. The van der Waals surface area contributed by atoms with E-state index in [9.17, 15) is 9.59 Å². The van der Waals surface area contributed by atoms with Crippen LogP contribution in [0.2, 0.25) is 0 Å². The number of nitrogens with one attached hydrogen (secondary N) is 1. The van der Waals surface area contributed by atoms with E-state index in [2.05, 4.69) is 31.2 Å². The van der Waals surface area contributed by atoms with Gasteiger partial charge in [-0.1, -0.05) is 51.1 Å². The van der Waals surface area contributed by atoms with Crippen molar-refractivity contribution in [1.82, 2.24) is 14.7 Å². The Bertz CT molecular complexity index is 794. The zero-order valence-corrected chi connectivity index (χ0v) is 17.4. The maximum atomic E-state index is 12.7. The van der Waals surface area contributed by atoms with E-state index in [-0.39, 0.29) is 30.2 Å². The van der Waals surface area contributed by atoms with E-state index in [1.165, 1.54) is 4.90 Å². The molecule has 28 heavy (non-hydrogen) atoms. The third-order valence-corrected chi connectivity index (χ3v) is 4.37. The Morgan fingerprint density at radius 3 is 2.46 bits per heavy atom. The summed E-state index contributed by atoms with van der Waals surface area (Å²) in [5.74, 6) is 0.233. The van der Waals surface area contributed by atoms with E-state index in [1.807, 2.05) is 36.4 Å². The Labute approximate surface area is 166 Å². The second-order valence-electron chi connectivity index (χ2n) is 7.81. The highest BCUT2D eigenvalue weighted by Gasteiger charge is 2.21. The average molecular weight is 386 g/mol. The normalized spacial score (nSPS) is 11.3. The summed E-state index contributed by atoms with van der Waals surface area (Å²) in [6, 6.07) is 11.4. The molecule has 1 N–H and O–H groups in total. The van der Waals surface area contributed by atoms with Gasteiger partial charge in [0.1, 0.15) is 5.82 Å². The standard InChI is InChI=1S/C21H30N4O3/c1-21(2,3)17-14-18(24(4)23-17)22-19(26)15-25(11-12-28-5)20(27)13-16-9-7-6-8-10-16/h6-10,14H,11-13,15H2,1-5H3,(H,22,26). The van der Waals surface area contributed by atoms with Crippen molar-refractivity contribution >= 4 is 17.6 Å². The molecule has 0 fully saturated rings. The number of carbonyl (C=O) groups is 2. The topological polar surface area (TPSA) is 76.5 Å². The Hall–Kier alpha value is -2.67. The Balaban J connectivity index is 2.04. The second-order valence-corrected chi connectivity index (χ2v) is 7.81. The molecule has 1 heterocycles. The van der Waals surface area contributed by atoms with E-state index in [4.69, 9.17) is 4.74 Å². The first kappa shape index (κ1) is 21.6. The fraction of sp³-hybridized carbons (Fsp3) is 0.476. The molecule has 1 aromatic heterocycles. The van der Waals surface area contributed by atoms with Crippen molar-refractivity contribution in [2.45, 2.75) is 32.6 Å². The molecule has 0 saturated carbocycles.